The molecule has 0 fully saturated rings. The van der Waals surface area contributed by atoms with E-state index < -0.39 is 18.3 Å². The minimum atomic E-state index is -0.873. The zero-order valence-electron chi connectivity index (χ0n) is 14.5. The third-order valence-corrected chi connectivity index (χ3v) is 3.94. The van der Waals surface area contributed by atoms with Gasteiger partial charge in [0, 0.05) is 5.69 Å². The lowest BCUT2D eigenvalue weighted by atomic mass is 10.1. The number of ether oxygens (including phenoxy) is 1. The smallest absolute Gasteiger partial charge is 0.411 e. The number of nitrogens with one attached hydrogen (secondary N) is 1. The molecule has 0 spiro atoms. The maximum atomic E-state index is 13.6. The summed E-state index contributed by atoms with van der Waals surface area (Å²) in [6.45, 7) is 2.90. The van der Waals surface area contributed by atoms with Gasteiger partial charge in [-0.3, -0.25) is 14.7 Å². The highest BCUT2D eigenvalue weighted by atomic mass is 19.1. The fourth-order valence-corrected chi connectivity index (χ4v) is 2.75. The summed E-state index contributed by atoms with van der Waals surface area (Å²) >= 11 is 0. The van der Waals surface area contributed by atoms with Gasteiger partial charge >= 0.3 is 6.09 Å². The summed E-state index contributed by atoms with van der Waals surface area (Å²) in [5.41, 5.74) is 1.76. The molecule has 7 heteroatoms. The van der Waals surface area contributed by atoms with Crippen LogP contribution >= 0.6 is 0 Å². The number of aryl methyl sites for hydroxylation is 1. The number of alkyl halides is 1. The zero-order valence-corrected chi connectivity index (χ0v) is 14.5. The van der Waals surface area contributed by atoms with Crippen LogP contribution in [0.4, 0.5) is 14.9 Å². The lowest BCUT2D eigenvalue weighted by Crippen LogP contribution is -2.24. The molecule has 0 aliphatic heterocycles. The largest absolute Gasteiger partial charge is 0.450 e. The Labute approximate surface area is 149 Å². The Bertz CT molecular complexity index is 1030. The van der Waals surface area contributed by atoms with Crippen LogP contribution in [0, 0.1) is 6.92 Å². The lowest BCUT2D eigenvalue weighted by molar-refractivity contribution is 0.168. The fraction of sp³-hybridized carbons (Fsp3) is 0.211. The van der Waals surface area contributed by atoms with Crippen molar-refractivity contribution in [3.05, 3.63) is 64.2 Å². The first-order valence-electron chi connectivity index (χ1n) is 8.16. The number of carbonyl (C=O) groups is 1. The second kappa shape index (κ2) is 7.35. The Morgan fingerprint density at radius 3 is 2.73 bits per heavy atom. The predicted octanol–water partition coefficient (Wildman–Crippen LogP) is 3.73. The molecule has 1 amide bonds. The van der Waals surface area contributed by atoms with Crippen molar-refractivity contribution in [2.45, 2.75) is 20.5 Å². The maximum Gasteiger partial charge on any atom is 0.411 e. The minimum Gasteiger partial charge on any atom is -0.450 e. The number of fused-ring (bicyclic) bond motifs is 1. The van der Waals surface area contributed by atoms with Crippen LogP contribution in [0.3, 0.4) is 0 Å². The van der Waals surface area contributed by atoms with Gasteiger partial charge in [-0.2, -0.15) is 0 Å². The van der Waals surface area contributed by atoms with E-state index in [4.69, 9.17) is 4.74 Å². The highest BCUT2D eigenvalue weighted by Crippen LogP contribution is 2.19. The van der Waals surface area contributed by atoms with E-state index in [1.807, 2.05) is 19.1 Å². The Balaban J connectivity index is 2.19. The third-order valence-electron chi connectivity index (χ3n) is 3.94. The van der Waals surface area contributed by atoms with E-state index in [0.717, 1.165) is 5.56 Å². The van der Waals surface area contributed by atoms with Crippen LogP contribution in [0.2, 0.25) is 0 Å². The van der Waals surface area contributed by atoms with E-state index in [2.05, 4.69) is 10.3 Å². The molecule has 6 nitrogen and oxygen atoms in total. The first-order valence-corrected chi connectivity index (χ1v) is 8.16. The Hall–Kier alpha value is -3.22. The molecule has 0 bridgehead atoms. The van der Waals surface area contributed by atoms with Gasteiger partial charge in [-0.25, -0.2) is 14.2 Å². The number of carbonyl (C=O) groups excluding carboxylic acids is 1. The molecule has 134 valence electrons. The van der Waals surface area contributed by atoms with Crippen molar-refractivity contribution in [2.24, 2.45) is 0 Å². The van der Waals surface area contributed by atoms with Crippen molar-refractivity contribution in [2.75, 3.05) is 11.9 Å². The van der Waals surface area contributed by atoms with Crippen LogP contribution < -0.4 is 10.9 Å². The summed E-state index contributed by atoms with van der Waals surface area (Å²) in [5.74, 6) is 0.0305. The van der Waals surface area contributed by atoms with Gasteiger partial charge in [0.25, 0.3) is 5.56 Å². The van der Waals surface area contributed by atoms with Gasteiger partial charge in [0.2, 0.25) is 0 Å². The van der Waals surface area contributed by atoms with Crippen LogP contribution in [0.25, 0.3) is 16.6 Å². The van der Waals surface area contributed by atoms with Gasteiger partial charge in [-0.05, 0) is 43.7 Å². The van der Waals surface area contributed by atoms with Gasteiger partial charge in [-0.15, -0.1) is 0 Å². The maximum absolute atomic E-state index is 13.6. The average molecular weight is 355 g/mol. The van der Waals surface area contributed by atoms with Gasteiger partial charge in [0.15, 0.2) is 0 Å². The summed E-state index contributed by atoms with van der Waals surface area (Å²) in [6.07, 6.45) is -0.612. The Morgan fingerprint density at radius 2 is 2.04 bits per heavy atom. The van der Waals surface area contributed by atoms with Crippen LogP contribution in [-0.2, 0) is 11.4 Å². The summed E-state index contributed by atoms with van der Waals surface area (Å²) in [4.78, 5) is 28.9. The second-order valence-corrected chi connectivity index (χ2v) is 5.67. The SMILES string of the molecule is CCOC(=O)Nc1ccc2nc(CF)n(-c3ccccc3C)c(=O)c2c1. The molecule has 0 atom stereocenters. The molecule has 2 aromatic carbocycles. The molecule has 0 unspecified atom stereocenters. The van der Waals surface area contributed by atoms with Crippen molar-refractivity contribution in [3.8, 4) is 5.69 Å². The summed E-state index contributed by atoms with van der Waals surface area (Å²) in [5, 5.41) is 2.83. The van der Waals surface area contributed by atoms with E-state index in [1.54, 1.807) is 31.2 Å². The van der Waals surface area contributed by atoms with E-state index >= 15 is 0 Å². The number of aromatic nitrogens is 2. The number of benzene rings is 2. The van der Waals surface area contributed by atoms with E-state index in [9.17, 15) is 14.0 Å². The highest BCUT2D eigenvalue weighted by molar-refractivity contribution is 5.89. The monoisotopic (exact) mass is 355 g/mol. The highest BCUT2D eigenvalue weighted by Gasteiger charge is 2.15. The molecule has 1 N–H and O–H groups in total. The number of anilines is 1. The first kappa shape index (κ1) is 17.6. The van der Waals surface area contributed by atoms with Crippen molar-refractivity contribution >= 4 is 22.7 Å². The van der Waals surface area contributed by atoms with Gasteiger partial charge in [-0.1, -0.05) is 18.2 Å². The average Bonchev–Trinajstić information content (AvgIpc) is 2.63. The molecule has 3 aromatic rings. The number of para-hydroxylation sites is 1. The molecule has 26 heavy (non-hydrogen) atoms. The van der Waals surface area contributed by atoms with E-state index in [-0.39, 0.29) is 17.8 Å². The molecule has 0 saturated heterocycles. The summed E-state index contributed by atoms with van der Waals surface area (Å²) < 4.78 is 19.7. The molecule has 0 saturated carbocycles. The molecule has 0 aliphatic rings. The quantitative estimate of drug-likeness (QED) is 0.774. The Kier molecular flexibility index (Phi) is 4.97. The van der Waals surface area contributed by atoms with E-state index in [0.29, 0.717) is 16.9 Å². The molecule has 1 aromatic heterocycles. The summed E-state index contributed by atoms with van der Waals surface area (Å²) in [6, 6.07) is 11.9. The Morgan fingerprint density at radius 1 is 1.27 bits per heavy atom. The number of amides is 1. The minimum absolute atomic E-state index is 0.0305. The third kappa shape index (κ3) is 3.28. The topological polar surface area (TPSA) is 73.2 Å². The van der Waals surface area contributed by atoms with Crippen molar-refractivity contribution < 1.29 is 13.9 Å². The molecular formula is C19H18FN3O3. The van der Waals surface area contributed by atoms with Crippen LogP contribution in [0.1, 0.15) is 18.3 Å². The number of halogens is 1. The molecule has 3 rings (SSSR count). The predicted molar refractivity (Wildman–Crippen MR) is 97.5 cm³/mol. The van der Waals surface area contributed by atoms with Crippen molar-refractivity contribution in [1.82, 2.24) is 9.55 Å². The molecule has 0 radical (unpaired) electrons. The van der Waals surface area contributed by atoms with Gasteiger partial charge < -0.3 is 4.74 Å². The number of hydrogen-bond donors (Lipinski definition) is 1. The van der Waals surface area contributed by atoms with Gasteiger partial charge in [0.05, 0.1) is 23.2 Å². The zero-order chi connectivity index (χ0) is 18.7. The number of hydrogen-bond acceptors (Lipinski definition) is 4. The van der Waals surface area contributed by atoms with Crippen molar-refractivity contribution in [1.29, 1.82) is 0 Å². The van der Waals surface area contributed by atoms with Gasteiger partial charge in [0.1, 0.15) is 12.5 Å². The fourth-order valence-electron chi connectivity index (χ4n) is 2.75. The molecule has 0 aliphatic carbocycles. The van der Waals surface area contributed by atoms with Crippen LogP contribution in [-0.4, -0.2) is 22.3 Å². The standard InChI is InChI=1S/C19H18FN3O3/c1-3-26-19(25)21-13-8-9-15-14(10-13)18(24)23(17(11-20)22-15)16-7-5-4-6-12(16)2/h4-10H,3,11H2,1-2H3,(H,21,25). The molecule has 1 heterocycles. The normalized spacial score (nSPS) is 10.7. The van der Waals surface area contributed by atoms with Crippen molar-refractivity contribution in [3.63, 3.8) is 0 Å². The van der Waals surface area contributed by atoms with Crippen LogP contribution in [0.5, 0.6) is 0 Å². The summed E-state index contributed by atoms with van der Waals surface area (Å²) in [7, 11) is 0. The first-order chi connectivity index (χ1) is 12.5. The number of nitrogens with zero attached hydrogens (tertiary/aromatic N) is 2. The van der Waals surface area contributed by atoms with Crippen LogP contribution in [0.15, 0.2) is 47.3 Å². The number of rotatable bonds is 4. The molecular weight excluding hydrogens is 337 g/mol. The second-order valence-electron chi connectivity index (χ2n) is 5.67. The lowest BCUT2D eigenvalue weighted by Gasteiger charge is -2.14. The van der Waals surface area contributed by atoms with E-state index in [1.165, 1.54) is 10.6 Å².